The Morgan fingerprint density at radius 2 is 2.04 bits per heavy atom. The average Bonchev–Trinajstić information content (AvgIpc) is 2.99. The van der Waals surface area contributed by atoms with Gasteiger partial charge in [0.05, 0.1) is 16.2 Å². The van der Waals surface area contributed by atoms with Crippen LogP contribution in [0.25, 0.3) is 23.0 Å². The van der Waals surface area contributed by atoms with Crippen molar-refractivity contribution in [2.75, 3.05) is 0 Å². The van der Waals surface area contributed by atoms with Crippen LogP contribution in [0.5, 0.6) is 11.5 Å². The zero-order valence-electron chi connectivity index (χ0n) is 11.3. The van der Waals surface area contributed by atoms with Gasteiger partial charge in [0.1, 0.15) is 0 Å². The third-order valence-corrected chi connectivity index (χ3v) is 2.95. The van der Waals surface area contributed by atoms with Crippen molar-refractivity contribution in [1.29, 1.82) is 0 Å². The number of aromatic nitrogens is 3. The lowest BCUT2D eigenvalue weighted by molar-refractivity contribution is -0.385. The van der Waals surface area contributed by atoms with Crippen molar-refractivity contribution in [3.05, 3.63) is 50.8 Å². The molecule has 3 rings (SSSR count). The van der Waals surface area contributed by atoms with Gasteiger partial charge in [-0.05, 0) is 12.1 Å². The van der Waals surface area contributed by atoms with Crippen molar-refractivity contribution in [3.63, 3.8) is 0 Å². The molecule has 2 heterocycles. The molecule has 10 heteroatoms. The van der Waals surface area contributed by atoms with Crippen molar-refractivity contribution < 1.29 is 19.7 Å². The number of benzene rings is 1. The minimum atomic E-state index is -0.857. The molecule has 0 aliphatic heterocycles. The molecule has 23 heavy (non-hydrogen) atoms. The van der Waals surface area contributed by atoms with Gasteiger partial charge in [-0.1, -0.05) is 11.2 Å². The van der Waals surface area contributed by atoms with Crippen LogP contribution in [0, 0.1) is 10.1 Å². The summed E-state index contributed by atoms with van der Waals surface area (Å²) in [6.45, 7) is 0. The topological polar surface area (TPSA) is 155 Å². The summed E-state index contributed by atoms with van der Waals surface area (Å²) in [5, 5.41) is 33.5. The molecule has 0 aliphatic rings. The van der Waals surface area contributed by atoms with Crippen LogP contribution in [-0.2, 0) is 0 Å². The van der Waals surface area contributed by atoms with Crippen molar-refractivity contribution in [3.8, 4) is 34.5 Å². The highest BCUT2D eigenvalue weighted by atomic mass is 16.6. The molecule has 0 amide bonds. The maximum atomic E-state index is 11.3. The van der Waals surface area contributed by atoms with Crippen LogP contribution in [0.1, 0.15) is 0 Å². The fraction of sp³-hybridized carbons (Fsp3) is 0. The number of H-pyrrole nitrogens is 1. The predicted octanol–water partition coefficient (Wildman–Crippen LogP) is 1.41. The summed E-state index contributed by atoms with van der Waals surface area (Å²) in [6.07, 6.45) is 0. The molecule has 0 spiro atoms. The Bertz CT molecular complexity index is 961. The molecule has 0 saturated heterocycles. The first kappa shape index (κ1) is 14.3. The fourth-order valence-electron chi connectivity index (χ4n) is 1.90. The van der Waals surface area contributed by atoms with Crippen LogP contribution in [-0.4, -0.2) is 30.3 Å². The second-order valence-electron chi connectivity index (χ2n) is 4.47. The van der Waals surface area contributed by atoms with Crippen molar-refractivity contribution in [1.82, 2.24) is 15.1 Å². The Hall–Kier alpha value is -3.69. The highest BCUT2D eigenvalue weighted by molar-refractivity contribution is 5.68. The van der Waals surface area contributed by atoms with Crippen molar-refractivity contribution in [2.24, 2.45) is 0 Å². The van der Waals surface area contributed by atoms with Crippen molar-refractivity contribution in [2.45, 2.75) is 0 Å². The summed E-state index contributed by atoms with van der Waals surface area (Å²) < 4.78 is 4.98. The second kappa shape index (κ2) is 5.26. The molecule has 0 atom stereocenters. The third-order valence-electron chi connectivity index (χ3n) is 2.95. The van der Waals surface area contributed by atoms with E-state index in [2.05, 4.69) is 15.1 Å². The van der Waals surface area contributed by atoms with E-state index in [-0.39, 0.29) is 22.8 Å². The number of pyridine rings is 1. The van der Waals surface area contributed by atoms with Gasteiger partial charge in [-0.25, -0.2) is 0 Å². The molecule has 3 aromatic rings. The van der Waals surface area contributed by atoms with Crippen LogP contribution in [0.2, 0.25) is 0 Å². The van der Waals surface area contributed by atoms with Crippen LogP contribution in [0.15, 0.2) is 39.6 Å². The van der Waals surface area contributed by atoms with Crippen LogP contribution < -0.4 is 5.56 Å². The van der Waals surface area contributed by atoms with Gasteiger partial charge in [0, 0.05) is 12.1 Å². The SMILES string of the molecule is O=c1cccc(-c2noc(-c3cc(O)c(O)c([N+](=O)[O-])c3)n2)[nH]1. The van der Waals surface area contributed by atoms with Gasteiger partial charge in [-0.3, -0.25) is 14.9 Å². The number of hydrogen-bond acceptors (Lipinski definition) is 8. The lowest BCUT2D eigenvalue weighted by Gasteiger charge is -2.01. The Morgan fingerprint density at radius 1 is 1.26 bits per heavy atom. The molecule has 0 aliphatic carbocycles. The van der Waals surface area contributed by atoms with E-state index in [0.717, 1.165) is 12.1 Å². The van der Waals surface area contributed by atoms with E-state index in [0.29, 0.717) is 5.69 Å². The van der Waals surface area contributed by atoms with E-state index in [1.165, 1.54) is 12.1 Å². The minimum Gasteiger partial charge on any atom is -0.504 e. The molecular weight excluding hydrogens is 308 g/mol. The largest absolute Gasteiger partial charge is 0.504 e. The smallest absolute Gasteiger partial charge is 0.315 e. The van der Waals surface area contributed by atoms with Crippen LogP contribution >= 0.6 is 0 Å². The Labute approximate surface area is 126 Å². The molecule has 0 bridgehead atoms. The Kier molecular flexibility index (Phi) is 3.26. The maximum absolute atomic E-state index is 11.3. The van der Waals surface area contributed by atoms with E-state index >= 15 is 0 Å². The minimum absolute atomic E-state index is 0.0454. The van der Waals surface area contributed by atoms with Crippen molar-refractivity contribution >= 4 is 5.69 Å². The molecule has 0 radical (unpaired) electrons. The number of nitro groups is 1. The van der Waals surface area contributed by atoms with E-state index in [4.69, 9.17) is 4.52 Å². The second-order valence-corrected chi connectivity index (χ2v) is 4.47. The van der Waals surface area contributed by atoms with Gasteiger partial charge in [-0.2, -0.15) is 4.98 Å². The van der Waals surface area contributed by atoms with Gasteiger partial charge in [0.25, 0.3) is 5.89 Å². The molecule has 2 aromatic heterocycles. The number of nitro benzene ring substituents is 1. The first-order chi connectivity index (χ1) is 11.0. The number of phenolic OH excluding ortho intramolecular Hbond substituents is 2. The summed E-state index contributed by atoms with van der Waals surface area (Å²) >= 11 is 0. The Balaban J connectivity index is 2.07. The van der Waals surface area contributed by atoms with E-state index < -0.39 is 22.1 Å². The summed E-state index contributed by atoms with van der Waals surface area (Å²) in [7, 11) is 0. The van der Waals surface area contributed by atoms with E-state index in [9.17, 15) is 25.1 Å². The zero-order valence-corrected chi connectivity index (χ0v) is 11.3. The van der Waals surface area contributed by atoms with Crippen LogP contribution in [0.4, 0.5) is 5.69 Å². The van der Waals surface area contributed by atoms with Gasteiger partial charge < -0.3 is 19.7 Å². The standard InChI is InChI=1S/C13H8N4O6/c18-9-5-6(4-8(11(9)20)17(21)22)13-15-12(16-23-13)7-2-1-3-10(19)14-7/h1-5,18,20H,(H,14,19). The van der Waals surface area contributed by atoms with Gasteiger partial charge >= 0.3 is 5.69 Å². The number of nitrogens with zero attached hydrogens (tertiary/aromatic N) is 3. The number of hydrogen-bond donors (Lipinski definition) is 3. The number of aromatic amines is 1. The predicted molar refractivity (Wildman–Crippen MR) is 75.8 cm³/mol. The lowest BCUT2D eigenvalue weighted by Crippen LogP contribution is -2.03. The molecule has 10 nitrogen and oxygen atoms in total. The first-order valence-electron chi connectivity index (χ1n) is 6.20. The summed E-state index contributed by atoms with van der Waals surface area (Å²) in [5.74, 6) is -1.61. The van der Waals surface area contributed by atoms with Gasteiger partial charge in [0.15, 0.2) is 5.75 Å². The summed E-state index contributed by atoms with van der Waals surface area (Å²) in [5.41, 5.74) is -0.714. The molecule has 0 saturated carbocycles. The first-order valence-corrected chi connectivity index (χ1v) is 6.20. The lowest BCUT2D eigenvalue weighted by atomic mass is 10.1. The third kappa shape index (κ3) is 2.60. The molecule has 3 N–H and O–H groups in total. The zero-order chi connectivity index (χ0) is 16.6. The molecule has 116 valence electrons. The normalized spacial score (nSPS) is 10.6. The monoisotopic (exact) mass is 316 g/mol. The summed E-state index contributed by atoms with van der Waals surface area (Å²) in [6, 6.07) is 6.40. The number of nitrogens with one attached hydrogen (secondary N) is 1. The molecule has 0 fully saturated rings. The van der Waals surface area contributed by atoms with E-state index in [1.54, 1.807) is 6.07 Å². The number of phenols is 2. The molecule has 1 aromatic carbocycles. The highest BCUT2D eigenvalue weighted by Gasteiger charge is 2.22. The van der Waals surface area contributed by atoms with E-state index in [1.807, 2.05) is 0 Å². The highest BCUT2D eigenvalue weighted by Crippen LogP contribution is 2.39. The van der Waals surface area contributed by atoms with Crippen LogP contribution in [0.3, 0.4) is 0 Å². The number of aromatic hydroxyl groups is 2. The van der Waals surface area contributed by atoms with Gasteiger partial charge in [-0.15, -0.1) is 0 Å². The molecular formula is C13H8N4O6. The fourth-order valence-corrected chi connectivity index (χ4v) is 1.90. The van der Waals surface area contributed by atoms with Gasteiger partial charge in [0.2, 0.25) is 17.1 Å². The Morgan fingerprint density at radius 3 is 2.74 bits per heavy atom. The average molecular weight is 316 g/mol. The maximum Gasteiger partial charge on any atom is 0.315 e. The molecule has 0 unspecified atom stereocenters. The number of rotatable bonds is 3. The quantitative estimate of drug-likeness (QED) is 0.372. The summed E-state index contributed by atoms with van der Waals surface area (Å²) in [4.78, 5) is 27.8.